The predicted molar refractivity (Wildman–Crippen MR) is 119 cm³/mol. The Morgan fingerprint density at radius 3 is 2.60 bits per heavy atom. The number of ketones is 1. The Hall–Kier alpha value is -4.29. The number of nitrogen functional groups attached to an aromatic ring is 1. The summed E-state index contributed by atoms with van der Waals surface area (Å²) in [6, 6.07) is 4.96. The minimum atomic E-state index is -4.75. The molecule has 1 aliphatic heterocycles. The van der Waals surface area contributed by atoms with Gasteiger partial charge < -0.3 is 10.6 Å². The van der Waals surface area contributed by atoms with Crippen LogP contribution >= 0.6 is 0 Å². The number of halogens is 3. The highest BCUT2D eigenvalue weighted by Gasteiger charge is 2.44. The third-order valence-corrected chi connectivity index (χ3v) is 5.96. The van der Waals surface area contributed by atoms with Crippen molar-refractivity contribution in [1.82, 2.24) is 29.1 Å². The molecular formula is C22H19F3N8O2. The molecule has 4 aromatic heterocycles. The van der Waals surface area contributed by atoms with E-state index >= 15 is 0 Å². The van der Waals surface area contributed by atoms with E-state index in [1.807, 2.05) is 6.92 Å². The van der Waals surface area contributed by atoms with Gasteiger partial charge in [0.15, 0.2) is 11.6 Å². The molecule has 0 amide bonds. The monoisotopic (exact) mass is 484 g/mol. The summed E-state index contributed by atoms with van der Waals surface area (Å²) in [6.07, 6.45) is -0.892. The van der Waals surface area contributed by atoms with Crippen LogP contribution in [-0.4, -0.2) is 41.5 Å². The quantitative estimate of drug-likeness (QED) is 0.439. The Balaban J connectivity index is 1.77. The minimum absolute atomic E-state index is 0.0472. The summed E-state index contributed by atoms with van der Waals surface area (Å²) < 4.78 is 42.9. The van der Waals surface area contributed by atoms with Crippen molar-refractivity contribution in [3.8, 4) is 5.82 Å². The van der Waals surface area contributed by atoms with E-state index in [9.17, 15) is 22.8 Å². The summed E-state index contributed by atoms with van der Waals surface area (Å²) in [5, 5.41) is 4.43. The van der Waals surface area contributed by atoms with Gasteiger partial charge in [0.1, 0.15) is 17.2 Å². The summed E-state index contributed by atoms with van der Waals surface area (Å²) in [4.78, 5) is 39.8. The van der Waals surface area contributed by atoms with Crippen LogP contribution in [0.3, 0.4) is 0 Å². The van der Waals surface area contributed by atoms with Gasteiger partial charge in [0.2, 0.25) is 5.95 Å². The lowest BCUT2D eigenvalue weighted by Gasteiger charge is -2.47. The first-order chi connectivity index (χ1) is 16.6. The fraction of sp³-hybridized carbons (Fsp3) is 0.273. The molecule has 0 unspecified atom stereocenters. The van der Waals surface area contributed by atoms with Crippen molar-refractivity contribution in [3.05, 3.63) is 70.2 Å². The van der Waals surface area contributed by atoms with Crippen molar-refractivity contribution in [3.63, 3.8) is 0 Å². The topological polar surface area (TPSA) is 124 Å². The van der Waals surface area contributed by atoms with Gasteiger partial charge in [-0.2, -0.15) is 23.3 Å². The first-order valence-corrected chi connectivity index (χ1v) is 10.6. The normalized spacial score (nSPS) is 18.0. The van der Waals surface area contributed by atoms with Gasteiger partial charge in [0.05, 0.1) is 17.2 Å². The number of Topliss-reactive ketones (excluding diaryl/α,β-unsaturated/α-hetero) is 1. The van der Waals surface area contributed by atoms with Crippen LogP contribution in [0, 0.1) is 5.92 Å². The zero-order valence-corrected chi connectivity index (χ0v) is 18.6. The van der Waals surface area contributed by atoms with Crippen molar-refractivity contribution >= 4 is 23.1 Å². The average Bonchev–Trinajstić information content (AvgIpc) is 3.23. The van der Waals surface area contributed by atoms with Crippen LogP contribution in [0.4, 0.5) is 24.9 Å². The maximum Gasteiger partial charge on any atom is 0.418 e. The molecule has 0 aliphatic carbocycles. The second-order valence-electron chi connectivity index (χ2n) is 8.30. The fourth-order valence-electron chi connectivity index (χ4n) is 4.37. The van der Waals surface area contributed by atoms with Gasteiger partial charge in [-0.15, -0.1) is 0 Å². The largest absolute Gasteiger partial charge is 0.418 e. The number of nitrogens with zero attached hydrogens (tertiary/aromatic N) is 7. The maximum atomic E-state index is 13.6. The molecule has 1 fully saturated rings. The Bertz CT molecular complexity index is 1510. The summed E-state index contributed by atoms with van der Waals surface area (Å²) in [5.41, 5.74) is 3.38. The number of hydrogen-bond acceptors (Lipinski definition) is 8. The molecule has 2 atom stereocenters. The van der Waals surface area contributed by atoms with Crippen LogP contribution in [0.2, 0.25) is 0 Å². The van der Waals surface area contributed by atoms with Crippen LogP contribution in [-0.2, 0) is 6.18 Å². The van der Waals surface area contributed by atoms with Gasteiger partial charge in [-0.3, -0.25) is 9.59 Å². The Morgan fingerprint density at radius 1 is 1.20 bits per heavy atom. The van der Waals surface area contributed by atoms with E-state index in [1.54, 1.807) is 17.0 Å². The molecule has 5 rings (SSSR count). The lowest BCUT2D eigenvalue weighted by Crippen LogP contribution is -2.52. The number of fused-ring (bicyclic) bond motifs is 1. The van der Waals surface area contributed by atoms with E-state index in [0.717, 1.165) is 21.3 Å². The molecule has 35 heavy (non-hydrogen) atoms. The van der Waals surface area contributed by atoms with Crippen molar-refractivity contribution in [2.75, 3.05) is 17.2 Å². The number of aromatic nitrogens is 6. The molecule has 1 aliphatic rings. The smallest absolute Gasteiger partial charge is 0.368 e. The number of carbonyl (C=O) groups is 1. The summed E-state index contributed by atoms with van der Waals surface area (Å²) in [5.74, 6) is 0.0976. The van der Waals surface area contributed by atoms with E-state index in [4.69, 9.17) is 5.73 Å². The highest BCUT2D eigenvalue weighted by molar-refractivity contribution is 5.98. The number of carbonyl (C=O) groups excluding carboxylic acids is 1. The number of hydrogen-bond donors (Lipinski definition) is 1. The number of rotatable bonds is 4. The average molecular weight is 484 g/mol. The van der Waals surface area contributed by atoms with Gasteiger partial charge in [-0.05, 0) is 25.1 Å². The molecule has 1 saturated heterocycles. The zero-order chi connectivity index (χ0) is 25.1. The summed E-state index contributed by atoms with van der Waals surface area (Å²) >= 11 is 0. The van der Waals surface area contributed by atoms with Crippen LogP contribution in [0.1, 0.15) is 41.6 Å². The number of anilines is 2. The fourth-order valence-corrected chi connectivity index (χ4v) is 4.37. The third kappa shape index (κ3) is 3.59. The van der Waals surface area contributed by atoms with Gasteiger partial charge in [-0.25, -0.2) is 19.1 Å². The van der Waals surface area contributed by atoms with E-state index < -0.39 is 28.9 Å². The molecule has 180 valence electrons. The first kappa shape index (κ1) is 22.5. The molecule has 4 aromatic rings. The standard InChI is InChI=1S/C22H19F3N8O2/c1-11-10-31(18-13(12(2)34)9-28-21(26)29-18)16(11)19-30-32-8-6-14(22(23,24)25)17(32)20(35)33(19)15-5-3-4-7-27-15/h3-9,11,16H,10H2,1-2H3,(H2,26,28,29)/t11-,16-/m0/s1. The molecular weight excluding hydrogens is 465 g/mol. The van der Waals surface area contributed by atoms with Crippen molar-refractivity contribution in [2.45, 2.75) is 26.1 Å². The number of pyridine rings is 1. The highest BCUT2D eigenvalue weighted by atomic mass is 19.4. The lowest BCUT2D eigenvalue weighted by molar-refractivity contribution is -0.136. The Labute approximate surface area is 195 Å². The van der Waals surface area contributed by atoms with Crippen LogP contribution < -0.4 is 16.2 Å². The van der Waals surface area contributed by atoms with Gasteiger partial charge in [0, 0.05) is 31.1 Å². The summed E-state index contributed by atoms with van der Waals surface area (Å²) in [7, 11) is 0. The van der Waals surface area contributed by atoms with E-state index in [0.29, 0.717) is 6.54 Å². The second kappa shape index (κ2) is 7.89. The molecule has 0 bridgehead atoms. The minimum Gasteiger partial charge on any atom is -0.368 e. The Kier molecular flexibility index (Phi) is 5.07. The van der Waals surface area contributed by atoms with Gasteiger partial charge in [-0.1, -0.05) is 13.0 Å². The van der Waals surface area contributed by atoms with Crippen molar-refractivity contribution < 1.29 is 18.0 Å². The molecule has 0 saturated carbocycles. The van der Waals surface area contributed by atoms with Crippen LogP contribution in [0.15, 0.2) is 47.7 Å². The van der Waals surface area contributed by atoms with Gasteiger partial charge >= 0.3 is 6.18 Å². The van der Waals surface area contributed by atoms with Crippen molar-refractivity contribution in [2.24, 2.45) is 5.92 Å². The van der Waals surface area contributed by atoms with E-state index in [1.165, 1.54) is 25.4 Å². The molecule has 0 spiro atoms. The Morgan fingerprint density at radius 2 is 1.97 bits per heavy atom. The molecule has 10 nitrogen and oxygen atoms in total. The van der Waals surface area contributed by atoms with Gasteiger partial charge in [0.25, 0.3) is 5.56 Å². The van der Waals surface area contributed by atoms with Crippen LogP contribution in [0.5, 0.6) is 0 Å². The third-order valence-electron chi connectivity index (χ3n) is 5.96. The zero-order valence-electron chi connectivity index (χ0n) is 18.6. The number of alkyl halides is 3. The molecule has 13 heteroatoms. The SMILES string of the molecule is CC(=O)c1cnc(N)nc1N1C[C@H](C)[C@H]1c1nn2ccc(C(F)(F)F)c2c(=O)n1-c1ccccn1. The number of nitrogens with two attached hydrogens (primary N) is 1. The first-order valence-electron chi connectivity index (χ1n) is 10.6. The lowest BCUT2D eigenvalue weighted by atomic mass is 9.88. The molecule has 2 N–H and O–H groups in total. The molecule has 5 heterocycles. The maximum absolute atomic E-state index is 13.6. The predicted octanol–water partition coefficient (Wildman–Crippen LogP) is 2.67. The second-order valence-corrected chi connectivity index (χ2v) is 8.30. The molecule has 0 aromatic carbocycles. The van der Waals surface area contributed by atoms with Crippen LogP contribution in [0.25, 0.3) is 11.3 Å². The molecule has 0 radical (unpaired) electrons. The van der Waals surface area contributed by atoms with E-state index in [2.05, 4.69) is 20.1 Å². The summed E-state index contributed by atoms with van der Waals surface area (Å²) in [6.45, 7) is 3.70. The van der Waals surface area contributed by atoms with Crippen molar-refractivity contribution in [1.29, 1.82) is 0 Å². The van der Waals surface area contributed by atoms with E-state index in [-0.39, 0.29) is 40.7 Å². The highest BCUT2D eigenvalue weighted by Crippen LogP contribution is 2.42.